The maximum Gasteiger partial charge on any atom is 0.317 e. The quantitative estimate of drug-likeness (QED) is 0.823. The monoisotopic (exact) mass is 358 g/mol. The van der Waals surface area contributed by atoms with Gasteiger partial charge in [0, 0.05) is 44.2 Å². The van der Waals surface area contributed by atoms with Crippen LogP contribution in [0.4, 0.5) is 4.79 Å². The van der Waals surface area contributed by atoms with Gasteiger partial charge in [0.2, 0.25) is 5.91 Å². The number of rotatable bonds is 5. The van der Waals surface area contributed by atoms with Crippen molar-refractivity contribution in [2.75, 3.05) is 26.2 Å². The Hall–Kier alpha value is -2.11. The molecule has 3 rings (SSSR count). The Kier molecular flexibility index (Phi) is 6.12. The molecule has 3 amide bonds. The minimum Gasteiger partial charge on any atom is -0.338 e. The molecule has 142 valence electrons. The Morgan fingerprint density at radius 2 is 2.19 bits per heavy atom. The number of hydrogen-bond donors (Lipinski definition) is 1. The summed E-state index contributed by atoms with van der Waals surface area (Å²) in [5.41, 5.74) is 0.950. The molecule has 0 aromatic carbocycles. The van der Waals surface area contributed by atoms with E-state index in [9.17, 15) is 9.59 Å². The van der Waals surface area contributed by atoms with Crippen LogP contribution in [0.1, 0.15) is 51.1 Å². The molecule has 1 atom stereocenters. The number of likely N-dealkylation sites (tertiary alicyclic amines) is 2. The highest BCUT2D eigenvalue weighted by Gasteiger charge is 2.42. The lowest BCUT2D eigenvalue weighted by Gasteiger charge is -2.48. The number of amides is 3. The summed E-state index contributed by atoms with van der Waals surface area (Å²) in [6.07, 6.45) is 7.39. The number of nitrogens with zero attached hydrogens (tertiary/aromatic N) is 3. The lowest BCUT2D eigenvalue weighted by molar-refractivity contribution is -0.139. The highest BCUT2D eigenvalue weighted by atomic mass is 16.2. The number of nitrogens with one attached hydrogen (secondary N) is 1. The Bertz CT molecular complexity index is 621. The fraction of sp³-hybridized carbons (Fsp3) is 0.650. The maximum atomic E-state index is 12.5. The third-order valence-corrected chi connectivity index (χ3v) is 5.58. The van der Waals surface area contributed by atoms with Crippen LogP contribution in [0.15, 0.2) is 24.4 Å². The Morgan fingerprint density at radius 3 is 2.96 bits per heavy atom. The first-order chi connectivity index (χ1) is 12.6. The van der Waals surface area contributed by atoms with Crippen LogP contribution < -0.4 is 5.32 Å². The highest BCUT2D eigenvalue weighted by molar-refractivity contribution is 5.77. The molecule has 0 bridgehead atoms. The van der Waals surface area contributed by atoms with Crippen molar-refractivity contribution < 1.29 is 9.59 Å². The molecule has 1 N–H and O–H groups in total. The number of carbonyl (C=O) groups excluding carboxylic acids is 2. The molecule has 1 spiro atoms. The van der Waals surface area contributed by atoms with Gasteiger partial charge >= 0.3 is 6.03 Å². The van der Waals surface area contributed by atoms with Crippen LogP contribution in [-0.4, -0.2) is 52.9 Å². The molecule has 1 aromatic heterocycles. The van der Waals surface area contributed by atoms with E-state index in [2.05, 4.69) is 17.2 Å². The zero-order valence-corrected chi connectivity index (χ0v) is 15.7. The van der Waals surface area contributed by atoms with Gasteiger partial charge in [0.25, 0.3) is 0 Å². The number of piperidine rings is 2. The van der Waals surface area contributed by atoms with E-state index in [0.29, 0.717) is 13.0 Å². The largest absolute Gasteiger partial charge is 0.338 e. The molecule has 2 aliphatic heterocycles. The summed E-state index contributed by atoms with van der Waals surface area (Å²) in [4.78, 5) is 33.1. The maximum absolute atomic E-state index is 12.5. The van der Waals surface area contributed by atoms with Gasteiger partial charge in [-0.1, -0.05) is 19.4 Å². The smallest absolute Gasteiger partial charge is 0.317 e. The molecule has 0 radical (unpaired) electrons. The van der Waals surface area contributed by atoms with Crippen molar-refractivity contribution in [2.24, 2.45) is 5.41 Å². The Balaban J connectivity index is 1.62. The fourth-order valence-corrected chi connectivity index (χ4v) is 4.13. The molecule has 6 nitrogen and oxygen atoms in total. The average molecular weight is 358 g/mol. The molecule has 0 unspecified atom stereocenters. The standard InChI is InChI=1S/C20H30N4O2/c1-2-3-11-22-19(26)23-13-6-9-20(15-23)10-8-18(25)24(16-20)14-17-7-4-5-12-21-17/h4-5,7,12H,2-3,6,8-11,13-16H2,1H3,(H,22,26)/t20-/m0/s1. The summed E-state index contributed by atoms with van der Waals surface area (Å²) in [7, 11) is 0. The fourth-order valence-electron chi connectivity index (χ4n) is 4.13. The molecule has 6 heteroatoms. The Morgan fingerprint density at radius 1 is 1.31 bits per heavy atom. The van der Waals surface area contributed by atoms with E-state index in [-0.39, 0.29) is 17.4 Å². The van der Waals surface area contributed by atoms with Gasteiger partial charge in [-0.15, -0.1) is 0 Å². The van der Waals surface area contributed by atoms with Crippen LogP contribution in [0, 0.1) is 5.41 Å². The van der Waals surface area contributed by atoms with Crippen LogP contribution >= 0.6 is 0 Å². The number of aromatic nitrogens is 1. The van der Waals surface area contributed by atoms with Gasteiger partial charge in [0.1, 0.15) is 0 Å². The van der Waals surface area contributed by atoms with E-state index in [1.165, 1.54) is 0 Å². The number of pyridine rings is 1. The van der Waals surface area contributed by atoms with Crippen LogP contribution in [0.25, 0.3) is 0 Å². The van der Waals surface area contributed by atoms with Gasteiger partial charge in [0.05, 0.1) is 12.2 Å². The van der Waals surface area contributed by atoms with Crippen molar-refractivity contribution >= 4 is 11.9 Å². The molecule has 2 aliphatic rings. The highest BCUT2D eigenvalue weighted by Crippen LogP contribution is 2.39. The third kappa shape index (κ3) is 4.54. The number of urea groups is 1. The van der Waals surface area contributed by atoms with Gasteiger partial charge in [-0.3, -0.25) is 9.78 Å². The summed E-state index contributed by atoms with van der Waals surface area (Å²) in [6, 6.07) is 5.85. The van der Waals surface area contributed by atoms with Crippen molar-refractivity contribution in [3.05, 3.63) is 30.1 Å². The minimum absolute atomic E-state index is 0.0308. The van der Waals surface area contributed by atoms with Crippen LogP contribution in [0.2, 0.25) is 0 Å². The molecular formula is C20H30N4O2. The van der Waals surface area contributed by atoms with Crippen molar-refractivity contribution in [1.29, 1.82) is 0 Å². The third-order valence-electron chi connectivity index (χ3n) is 5.58. The minimum atomic E-state index is 0.0308. The first-order valence-corrected chi connectivity index (χ1v) is 9.82. The van der Waals surface area contributed by atoms with Gasteiger partial charge in [-0.2, -0.15) is 0 Å². The van der Waals surface area contributed by atoms with Crippen LogP contribution in [0.5, 0.6) is 0 Å². The summed E-state index contributed by atoms with van der Waals surface area (Å²) < 4.78 is 0. The zero-order chi connectivity index (χ0) is 18.4. The van der Waals surface area contributed by atoms with Crippen LogP contribution in [0.3, 0.4) is 0 Å². The second-order valence-corrected chi connectivity index (χ2v) is 7.68. The lowest BCUT2D eigenvalue weighted by atomic mass is 9.73. The van der Waals surface area contributed by atoms with Crippen molar-refractivity contribution in [2.45, 2.75) is 52.0 Å². The summed E-state index contributed by atoms with van der Waals surface area (Å²) in [5, 5.41) is 3.03. The van der Waals surface area contributed by atoms with Gasteiger partial charge in [0.15, 0.2) is 0 Å². The Labute approximate surface area is 156 Å². The zero-order valence-electron chi connectivity index (χ0n) is 15.7. The normalized spacial score (nSPS) is 23.3. The number of hydrogen-bond acceptors (Lipinski definition) is 3. The average Bonchev–Trinajstić information content (AvgIpc) is 2.66. The van der Waals surface area contributed by atoms with Crippen LogP contribution in [-0.2, 0) is 11.3 Å². The lowest BCUT2D eigenvalue weighted by Crippen LogP contribution is -2.56. The van der Waals surface area contributed by atoms with Crippen molar-refractivity contribution in [1.82, 2.24) is 20.1 Å². The first-order valence-electron chi connectivity index (χ1n) is 9.82. The van der Waals surface area contributed by atoms with E-state index in [1.54, 1.807) is 6.20 Å². The predicted molar refractivity (Wildman–Crippen MR) is 100 cm³/mol. The summed E-state index contributed by atoms with van der Waals surface area (Å²) >= 11 is 0. The molecule has 3 heterocycles. The van der Waals surface area contributed by atoms with E-state index >= 15 is 0 Å². The summed E-state index contributed by atoms with van der Waals surface area (Å²) in [5.74, 6) is 0.200. The van der Waals surface area contributed by atoms with Gasteiger partial charge < -0.3 is 15.1 Å². The topological polar surface area (TPSA) is 65.5 Å². The molecule has 0 saturated carbocycles. The number of carbonyl (C=O) groups is 2. The predicted octanol–water partition coefficient (Wildman–Crippen LogP) is 2.80. The molecule has 0 aliphatic carbocycles. The van der Waals surface area contributed by atoms with Crippen molar-refractivity contribution in [3.8, 4) is 0 Å². The van der Waals surface area contributed by atoms with Gasteiger partial charge in [-0.25, -0.2) is 4.79 Å². The molecular weight excluding hydrogens is 328 g/mol. The van der Waals surface area contributed by atoms with E-state index < -0.39 is 0 Å². The molecule has 1 aromatic rings. The van der Waals surface area contributed by atoms with E-state index in [4.69, 9.17) is 0 Å². The molecule has 2 saturated heterocycles. The SMILES string of the molecule is CCCCNC(=O)N1CCC[C@]2(CCC(=O)N(Cc3ccccn3)C2)C1. The second kappa shape index (κ2) is 8.52. The molecule has 2 fully saturated rings. The molecule has 26 heavy (non-hydrogen) atoms. The number of unbranched alkanes of at least 4 members (excludes halogenated alkanes) is 1. The van der Waals surface area contributed by atoms with Crippen molar-refractivity contribution in [3.63, 3.8) is 0 Å². The van der Waals surface area contributed by atoms with E-state index in [0.717, 1.165) is 64.0 Å². The van der Waals surface area contributed by atoms with E-state index in [1.807, 2.05) is 28.0 Å². The first kappa shape index (κ1) is 18.7. The second-order valence-electron chi connectivity index (χ2n) is 7.68. The summed E-state index contributed by atoms with van der Waals surface area (Å²) in [6.45, 7) is 5.70. The van der Waals surface area contributed by atoms with Gasteiger partial charge in [-0.05, 0) is 37.8 Å².